The van der Waals surface area contributed by atoms with Crippen LogP contribution in [0.5, 0.6) is 5.88 Å². The number of halogens is 1. The van der Waals surface area contributed by atoms with Crippen LogP contribution >= 0.6 is 11.3 Å². The number of carbonyl (C=O) groups is 3. The number of aliphatic hydroxyl groups is 1. The van der Waals surface area contributed by atoms with Crippen molar-refractivity contribution in [2.45, 2.75) is 102 Å². The van der Waals surface area contributed by atoms with Gasteiger partial charge >= 0.3 is 0 Å². The number of rotatable bonds is 31. The first-order chi connectivity index (χ1) is 40.4. The third-order valence-electron chi connectivity index (χ3n) is 14.2. The summed E-state index contributed by atoms with van der Waals surface area (Å²) in [4.78, 5) is 58.4. The van der Waals surface area contributed by atoms with Crippen molar-refractivity contribution < 1.29 is 60.7 Å². The molecule has 0 spiro atoms. The number of hydrogen-bond donors (Lipinski definition) is 5. The number of β-amino-alcohol motifs (C(OH)–C–C–N with tert-alkyl or cyclic N) is 1. The highest BCUT2D eigenvalue weighted by atomic mass is 32.2. The molecule has 22 nitrogen and oxygen atoms in total. The molecule has 6 aromatic rings. The Morgan fingerprint density at radius 3 is 2.30 bits per heavy atom. The highest BCUT2D eigenvalue weighted by Gasteiger charge is 2.44. The van der Waals surface area contributed by atoms with Crippen LogP contribution < -0.4 is 20.1 Å². The second kappa shape index (κ2) is 30.5. The van der Waals surface area contributed by atoms with E-state index in [9.17, 15) is 32.3 Å². The zero-order chi connectivity index (χ0) is 59.6. The number of likely N-dealkylation sites (tertiary alicyclic amines) is 1. The molecule has 0 bridgehead atoms. The minimum atomic E-state index is -4.16. The lowest BCUT2D eigenvalue weighted by Crippen LogP contribution is -2.58. The molecular weight excluding hydrogens is 1120 g/mol. The van der Waals surface area contributed by atoms with Gasteiger partial charge in [-0.1, -0.05) is 63.9 Å². The molecule has 2 fully saturated rings. The summed E-state index contributed by atoms with van der Waals surface area (Å²) in [5.74, 6) is -1.46. The summed E-state index contributed by atoms with van der Waals surface area (Å²) >= 11 is 1.57. The van der Waals surface area contributed by atoms with E-state index in [1.54, 1.807) is 48.7 Å². The van der Waals surface area contributed by atoms with E-state index in [1.165, 1.54) is 17.0 Å². The maximum Gasteiger partial charge on any atom is 0.264 e. The van der Waals surface area contributed by atoms with Crippen molar-refractivity contribution in [2.75, 3.05) is 97.0 Å². The predicted octanol–water partition coefficient (Wildman–Crippen LogP) is 6.22. The molecule has 2 saturated heterocycles. The first-order valence-electron chi connectivity index (χ1n) is 28.3. The second-order valence-electron chi connectivity index (χ2n) is 22.0. The van der Waals surface area contributed by atoms with Gasteiger partial charge in [0.05, 0.1) is 74.6 Å². The van der Waals surface area contributed by atoms with Crippen LogP contribution in [0.25, 0.3) is 32.9 Å². The van der Waals surface area contributed by atoms with Crippen molar-refractivity contribution in [2.24, 2.45) is 5.41 Å². The molecule has 0 unspecified atom stereocenters. The normalized spacial score (nSPS) is 17.1. The van der Waals surface area contributed by atoms with Gasteiger partial charge in [-0.15, -0.1) is 11.3 Å². The van der Waals surface area contributed by atoms with Gasteiger partial charge in [-0.25, -0.2) is 22.8 Å². The van der Waals surface area contributed by atoms with Gasteiger partial charge in [-0.2, -0.15) is 10.1 Å². The lowest BCUT2D eigenvalue weighted by atomic mass is 9.85. The van der Waals surface area contributed by atoms with Crippen molar-refractivity contribution in [3.05, 3.63) is 101 Å². The zero-order valence-electron chi connectivity index (χ0n) is 48.3. The number of nitrogens with one attached hydrogen (secondary N) is 4. The summed E-state index contributed by atoms with van der Waals surface area (Å²) < 4.78 is 77.5. The Bertz CT molecular complexity index is 3220. The Labute approximate surface area is 493 Å². The Hall–Kier alpha value is -6.55. The molecule has 8 rings (SSSR count). The zero-order valence-corrected chi connectivity index (χ0v) is 49.9. The van der Waals surface area contributed by atoms with Crippen LogP contribution in [-0.4, -0.2) is 183 Å². The van der Waals surface area contributed by atoms with Crippen LogP contribution in [-0.2, 0) is 54.6 Å². The smallest absolute Gasteiger partial charge is 0.264 e. The van der Waals surface area contributed by atoms with E-state index in [-0.39, 0.29) is 63.6 Å². The van der Waals surface area contributed by atoms with Crippen molar-refractivity contribution in [3.63, 3.8) is 0 Å². The molecule has 3 aromatic heterocycles. The number of hydrogen-bond acceptors (Lipinski definition) is 18. The minimum absolute atomic E-state index is 0.0216. The van der Waals surface area contributed by atoms with E-state index in [1.807, 2.05) is 57.5 Å². The number of H-pyrrole nitrogens is 1. The predicted molar refractivity (Wildman–Crippen MR) is 314 cm³/mol. The number of nitrogens with zero attached hydrogens (tertiary/aromatic N) is 6. The lowest BCUT2D eigenvalue weighted by Gasteiger charge is -2.35. The number of carbonyl (C=O) groups excluding carboxylic acids is 3. The fourth-order valence-corrected chi connectivity index (χ4v) is 11.8. The Morgan fingerprint density at radius 1 is 0.881 bits per heavy atom. The molecule has 2 aliphatic heterocycles. The van der Waals surface area contributed by atoms with E-state index in [4.69, 9.17) is 28.4 Å². The number of sulfonamides is 1. The molecule has 5 N–H and O–H groups in total. The molecule has 4 atom stereocenters. The number of thiazole rings is 1. The minimum Gasteiger partial charge on any atom is -0.474 e. The van der Waals surface area contributed by atoms with Gasteiger partial charge in [-0.05, 0) is 91.7 Å². The molecule has 0 saturated carbocycles. The van der Waals surface area contributed by atoms with Crippen LogP contribution in [0.2, 0.25) is 0 Å². The number of benzene rings is 3. The van der Waals surface area contributed by atoms with Crippen molar-refractivity contribution >= 4 is 55.8 Å². The number of ether oxygens (including phenoxy) is 6. The number of amides is 3. The summed E-state index contributed by atoms with van der Waals surface area (Å²) in [5, 5.41) is 23.9. The quantitative estimate of drug-likeness (QED) is 0.0303. The number of aryl methyl sites for hydroxylation is 2. The largest absolute Gasteiger partial charge is 0.474 e. The molecule has 3 amide bonds. The summed E-state index contributed by atoms with van der Waals surface area (Å²) in [5.41, 5.74) is 5.95. The van der Waals surface area contributed by atoms with Gasteiger partial charge in [-0.3, -0.25) is 29.1 Å². The van der Waals surface area contributed by atoms with E-state index < -0.39 is 56.2 Å². The Balaban J connectivity index is 0.632. The van der Waals surface area contributed by atoms with Crippen LogP contribution in [0, 0.1) is 25.1 Å². The highest BCUT2D eigenvalue weighted by molar-refractivity contribution is 7.92. The Morgan fingerprint density at radius 2 is 1.58 bits per heavy atom. The molecule has 3 aromatic carbocycles. The summed E-state index contributed by atoms with van der Waals surface area (Å²) in [7, 11) is -4.16. The number of morpholine rings is 1. The number of unbranched alkanes of at least 4 members (excludes halogenated alkanes) is 3. The van der Waals surface area contributed by atoms with Crippen molar-refractivity contribution in [3.8, 4) is 27.7 Å². The fraction of sp³-hybridized carbons (Fsp3) is 0.508. The number of aromatic nitrogens is 5. The third kappa shape index (κ3) is 18.2. The standard InChI is InChI=1S/C59H77FN10O12S2/c1-39-10-19-48(60)50(30-39)84(75,76)68-44-17-15-43(16-18-44)54-65-55-47(33-63-67-55)57(66-54)82-36-46-35-69(21-23-81-46)20-8-6-7-9-22-77-24-25-78-26-27-79-28-29-80-37-51(72)64-53(59(3,4)5)58(74)70-34-45(71)31-49(70)56(73)61-32-41-11-13-42(14-12-41)52-40(2)62-38-83-52/h10-19,30,33,38,45-46,49,53,68,71H,6-9,20-29,31-32,34-37H2,1-5H3,(H,61,73)(H,64,72)(H,63,65,66,67)/t45-,46-,49+,53-/m1/s1. The first kappa shape index (κ1) is 63.5. The third-order valence-corrected chi connectivity index (χ3v) is 16.6. The molecule has 84 heavy (non-hydrogen) atoms. The molecule has 5 heterocycles. The number of aromatic amines is 1. The van der Waals surface area contributed by atoms with Gasteiger partial charge in [0.2, 0.25) is 23.6 Å². The molecule has 2 aliphatic rings. The van der Waals surface area contributed by atoms with Crippen molar-refractivity contribution in [1.29, 1.82) is 0 Å². The number of anilines is 1. The summed E-state index contributed by atoms with van der Waals surface area (Å²) in [6.45, 7) is 15.1. The average molecular weight is 1200 g/mol. The van der Waals surface area contributed by atoms with E-state index in [0.29, 0.717) is 80.1 Å². The maximum atomic E-state index is 14.4. The molecule has 0 aliphatic carbocycles. The number of fused-ring (bicyclic) bond motifs is 1. The van der Waals surface area contributed by atoms with E-state index in [0.717, 1.165) is 66.5 Å². The first-order valence-corrected chi connectivity index (χ1v) is 30.7. The number of aliphatic hydroxyl groups excluding tert-OH is 1. The molecule has 25 heteroatoms. The van der Waals surface area contributed by atoms with Crippen molar-refractivity contribution in [1.82, 2.24) is 45.6 Å². The molecular formula is C59H77FN10O12S2. The SMILES string of the molecule is Cc1ccc(F)c(S(=O)(=O)Nc2ccc(-c3nc(OC[C@H]4CN(CCCCCCOCCOCCOCCOCC(=O)N[C@H](C(=O)N5C[C@H](O)C[C@H]5C(=O)NCc5ccc(-c6scnc6C)cc5)C(C)(C)C)CCO4)c4cn[nH]c4n3)cc2)c1. The van der Waals surface area contributed by atoms with Gasteiger partial charge in [0.25, 0.3) is 10.0 Å². The van der Waals surface area contributed by atoms with E-state index >= 15 is 0 Å². The van der Waals surface area contributed by atoms with Crippen LogP contribution in [0.4, 0.5) is 10.1 Å². The van der Waals surface area contributed by atoms with Crippen LogP contribution in [0.3, 0.4) is 0 Å². The highest BCUT2D eigenvalue weighted by Crippen LogP contribution is 2.31. The van der Waals surface area contributed by atoms with E-state index in [2.05, 4.69) is 45.4 Å². The van der Waals surface area contributed by atoms with Crippen LogP contribution in [0.15, 0.2) is 83.3 Å². The molecule has 0 radical (unpaired) electrons. The summed E-state index contributed by atoms with van der Waals surface area (Å²) in [6.07, 6.45) is 4.76. The van der Waals surface area contributed by atoms with Gasteiger partial charge in [0.15, 0.2) is 11.5 Å². The molecule has 454 valence electrons. The lowest BCUT2D eigenvalue weighted by molar-refractivity contribution is -0.144. The van der Waals surface area contributed by atoms with Gasteiger partial charge in [0.1, 0.15) is 47.5 Å². The average Bonchev–Trinajstić information content (AvgIpc) is 4.42. The van der Waals surface area contributed by atoms with Crippen LogP contribution in [0.1, 0.15) is 69.7 Å². The monoisotopic (exact) mass is 1200 g/mol. The fourth-order valence-electron chi connectivity index (χ4n) is 9.72. The van der Waals surface area contributed by atoms with Gasteiger partial charge < -0.3 is 49.1 Å². The Kier molecular flexibility index (Phi) is 23.0. The maximum absolute atomic E-state index is 14.4. The second-order valence-corrected chi connectivity index (χ2v) is 24.5. The van der Waals surface area contributed by atoms with Gasteiger partial charge in [0, 0.05) is 50.5 Å². The topological polar surface area (TPSA) is 271 Å². The summed E-state index contributed by atoms with van der Waals surface area (Å²) in [6, 6.07) is 16.4.